The summed E-state index contributed by atoms with van der Waals surface area (Å²) in [6, 6.07) is 11.1. The van der Waals surface area contributed by atoms with Gasteiger partial charge in [-0.05, 0) is 36.2 Å². The number of aromatic nitrogens is 4. The van der Waals surface area contributed by atoms with E-state index in [2.05, 4.69) is 20.2 Å². The summed E-state index contributed by atoms with van der Waals surface area (Å²) in [5.74, 6) is 1.94. The van der Waals surface area contributed by atoms with Crippen LogP contribution in [-0.4, -0.2) is 67.5 Å². The number of rotatable bonds is 7. The van der Waals surface area contributed by atoms with Crippen LogP contribution in [0.3, 0.4) is 0 Å². The van der Waals surface area contributed by atoms with Crippen molar-refractivity contribution in [1.82, 2.24) is 19.9 Å². The summed E-state index contributed by atoms with van der Waals surface area (Å²) in [6.45, 7) is 3.40. The SMILES string of the molecule is CS(=O)(=O)c1cc(-c2nc(NCCc3cccnc3)cc(N3CCOCC3)n2)c2cc[nH]c2c1. The predicted octanol–water partition coefficient (Wildman–Crippen LogP) is 2.91. The number of aromatic amines is 1. The van der Waals surface area contributed by atoms with Crippen LogP contribution in [0.15, 0.2) is 59.9 Å². The molecule has 2 N–H and O–H groups in total. The van der Waals surface area contributed by atoms with Crippen LogP contribution in [0.5, 0.6) is 0 Å². The second-order valence-corrected chi connectivity index (χ2v) is 10.3. The van der Waals surface area contributed by atoms with E-state index in [0.29, 0.717) is 37.0 Å². The van der Waals surface area contributed by atoms with E-state index in [-0.39, 0.29) is 4.90 Å². The predicted molar refractivity (Wildman–Crippen MR) is 132 cm³/mol. The largest absolute Gasteiger partial charge is 0.378 e. The van der Waals surface area contributed by atoms with Gasteiger partial charge in [0.15, 0.2) is 15.7 Å². The molecule has 1 aliphatic heterocycles. The molecule has 1 saturated heterocycles. The minimum atomic E-state index is -3.41. The Morgan fingerprint density at radius 3 is 2.76 bits per heavy atom. The lowest BCUT2D eigenvalue weighted by atomic mass is 10.1. The molecule has 1 fully saturated rings. The van der Waals surface area contributed by atoms with Gasteiger partial charge in [-0.2, -0.15) is 0 Å². The average Bonchev–Trinajstić information content (AvgIpc) is 3.33. The highest BCUT2D eigenvalue weighted by atomic mass is 32.2. The van der Waals surface area contributed by atoms with Crippen molar-refractivity contribution in [2.45, 2.75) is 11.3 Å². The first-order valence-corrected chi connectivity index (χ1v) is 13.0. The molecule has 0 bridgehead atoms. The molecule has 0 amide bonds. The normalized spacial score (nSPS) is 14.4. The molecule has 34 heavy (non-hydrogen) atoms. The number of nitrogens with zero attached hydrogens (tertiary/aromatic N) is 4. The molecule has 5 rings (SSSR count). The summed E-state index contributed by atoms with van der Waals surface area (Å²) in [7, 11) is -3.41. The zero-order valence-corrected chi connectivity index (χ0v) is 19.7. The molecule has 0 aliphatic carbocycles. The lowest BCUT2D eigenvalue weighted by Crippen LogP contribution is -2.37. The van der Waals surface area contributed by atoms with Gasteiger partial charge >= 0.3 is 0 Å². The molecule has 0 spiro atoms. The molecule has 3 aromatic heterocycles. The molecule has 4 aromatic rings. The number of nitrogens with one attached hydrogen (secondary N) is 2. The Morgan fingerprint density at radius 1 is 1.15 bits per heavy atom. The van der Waals surface area contributed by atoms with Crippen molar-refractivity contribution in [2.75, 3.05) is 49.3 Å². The van der Waals surface area contributed by atoms with Crippen molar-refractivity contribution in [3.05, 3.63) is 60.6 Å². The number of morpholine rings is 1. The van der Waals surface area contributed by atoms with Gasteiger partial charge in [-0.1, -0.05) is 6.07 Å². The summed E-state index contributed by atoms with van der Waals surface area (Å²) < 4.78 is 30.2. The maximum absolute atomic E-state index is 12.3. The van der Waals surface area contributed by atoms with E-state index in [1.165, 1.54) is 6.26 Å². The molecule has 0 unspecified atom stereocenters. The second-order valence-electron chi connectivity index (χ2n) is 8.25. The van der Waals surface area contributed by atoms with Crippen LogP contribution in [0.25, 0.3) is 22.3 Å². The molecule has 176 valence electrons. The van der Waals surface area contributed by atoms with Crippen molar-refractivity contribution in [2.24, 2.45) is 0 Å². The lowest BCUT2D eigenvalue weighted by Gasteiger charge is -2.28. The lowest BCUT2D eigenvalue weighted by molar-refractivity contribution is 0.122. The number of ether oxygens (including phenoxy) is 1. The molecule has 0 radical (unpaired) electrons. The molecule has 0 saturated carbocycles. The van der Waals surface area contributed by atoms with Gasteiger partial charge in [-0.25, -0.2) is 18.4 Å². The fourth-order valence-electron chi connectivity index (χ4n) is 4.02. The number of pyridine rings is 1. The van der Waals surface area contributed by atoms with Crippen molar-refractivity contribution < 1.29 is 13.2 Å². The minimum Gasteiger partial charge on any atom is -0.378 e. The Morgan fingerprint density at radius 2 is 2.00 bits per heavy atom. The highest BCUT2D eigenvalue weighted by Crippen LogP contribution is 2.31. The molecule has 4 heterocycles. The molecular formula is C24H26N6O3S. The smallest absolute Gasteiger partial charge is 0.175 e. The molecule has 1 aliphatic rings. The van der Waals surface area contributed by atoms with Crippen LogP contribution >= 0.6 is 0 Å². The standard InChI is InChI=1S/C24H26N6O3S/c1-34(31,32)18-13-20(19-5-8-26-21(19)14-18)24-28-22(27-7-4-17-3-2-6-25-16-17)15-23(29-24)30-9-11-33-12-10-30/h2-3,5-6,8,13-16,26H,4,7,9-12H2,1H3,(H,27,28,29). The minimum absolute atomic E-state index is 0.226. The number of sulfone groups is 1. The van der Waals surface area contributed by atoms with E-state index in [0.717, 1.165) is 41.8 Å². The topological polar surface area (TPSA) is 113 Å². The summed E-state index contributed by atoms with van der Waals surface area (Å²) >= 11 is 0. The van der Waals surface area contributed by atoms with Gasteiger partial charge < -0.3 is 19.9 Å². The highest BCUT2D eigenvalue weighted by molar-refractivity contribution is 7.90. The van der Waals surface area contributed by atoms with Crippen LogP contribution < -0.4 is 10.2 Å². The van der Waals surface area contributed by atoms with E-state index in [1.807, 2.05) is 30.5 Å². The highest BCUT2D eigenvalue weighted by Gasteiger charge is 2.19. The van der Waals surface area contributed by atoms with Crippen molar-refractivity contribution in [3.8, 4) is 11.4 Å². The van der Waals surface area contributed by atoms with Crippen molar-refractivity contribution >= 4 is 32.4 Å². The van der Waals surface area contributed by atoms with Gasteiger partial charge in [0.25, 0.3) is 0 Å². The Balaban J connectivity index is 1.54. The summed E-state index contributed by atoms with van der Waals surface area (Å²) in [5.41, 5.74) is 2.53. The third kappa shape index (κ3) is 4.87. The van der Waals surface area contributed by atoms with Gasteiger partial charge in [0.1, 0.15) is 11.6 Å². The van der Waals surface area contributed by atoms with E-state index in [9.17, 15) is 8.42 Å². The summed E-state index contributed by atoms with van der Waals surface area (Å²) in [4.78, 5) is 19.3. The first-order chi connectivity index (χ1) is 16.5. The van der Waals surface area contributed by atoms with Crippen LogP contribution in [-0.2, 0) is 21.0 Å². The third-order valence-corrected chi connectivity index (χ3v) is 6.89. The van der Waals surface area contributed by atoms with Crippen LogP contribution in [0.4, 0.5) is 11.6 Å². The van der Waals surface area contributed by atoms with Crippen LogP contribution in [0, 0.1) is 0 Å². The van der Waals surface area contributed by atoms with Crippen LogP contribution in [0.1, 0.15) is 5.56 Å². The number of H-pyrrole nitrogens is 1. The first-order valence-electron chi connectivity index (χ1n) is 11.1. The number of benzene rings is 1. The van der Waals surface area contributed by atoms with Gasteiger partial charge in [0.05, 0.1) is 18.1 Å². The van der Waals surface area contributed by atoms with E-state index in [1.54, 1.807) is 24.5 Å². The number of anilines is 2. The van der Waals surface area contributed by atoms with E-state index in [4.69, 9.17) is 14.7 Å². The maximum atomic E-state index is 12.3. The third-order valence-electron chi connectivity index (χ3n) is 5.80. The fourth-order valence-corrected chi connectivity index (χ4v) is 4.68. The molecule has 10 heteroatoms. The Labute approximate surface area is 198 Å². The number of hydrogen-bond donors (Lipinski definition) is 2. The monoisotopic (exact) mass is 478 g/mol. The molecular weight excluding hydrogens is 452 g/mol. The van der Waals surface area contributed by atoms with Gasteiger partial charge in [0, 0.05) is 67.0 Å². The fraction of sp³-hybridized carbons (Fsp3) is 0.292. The summed E-state index contributed by atoms with van der Waals surface area (Å²) in [6.07, 6.45) is 7.41. The van der Waals surface area contributed by atoms with Gasteiger partial charge in [0.2, 0.25) is 0 Å². The zero-order valence-electron chi connectivity index (χ0n) is 18.9. The number of hydrogen-bond acceptors (Lipinski definition) is 8. The zero-order chi connectivity index (χ0) is 23.5. The van der Waals surface area contributed by atoms with E-state index >= 15 is 0 Å². The van der Waals surface area contributed by atoms with Crippen LogP contribution in [0.2, 0.25) is 0 Å². The summed E-state index contributed by atoms with van der Waals surface area (Å²) in [5, 5.41) is 4.28. The van der Waals surface area contributed by atoms with Crippen molar-refractivity contribution in [3.63, 3.8) is 0 Å². The average molecular weight is 479 g/mol. The van der Waals surface area contributed by atoms with E-state index < -0.39 is 9.84 Å². The number of fused-ring (bicyclic) bond motifs is 1. The van der Waals surface area contributed by atoms with Gasteiger partial charge in [-0.15, -0.1) is 0 Å². The maximum Gasteiger partial charge on any atom is 0.175 e. The van der Waals surface area contributed by atoms with Gasteiger partial charge in [-0.3, -0.25) is 4.98 Å². The molecule has 1 aromatic carbocycles. The first kappa shape index (κ1) is 22.3. The Kier molecular flexibility index (Phi) is 6.16. The Bertz CT molecular complexity index is 1400. The quantitative estimate of drug-likeness (QED) is 0.417. The van der Waals surface area contributed by atoms with Crippen molar-refractivity contribution in [1.29, 1.82) is 0 Å². The molecule has 0 atom stereocenters. The molecule has 9 nitrogen and oxygen atoms in total. The Hall–Kier alpha value is -3.50. The second kappa shape index (κ2) is 9.40.